The van der Waals surface area contributed by atoms with E-state index in [1.807, 2.05) is 0 Å². The Bertz CT molecular complexity index is 1490. The number of carboxylic acid groups (broad SMARTS) is 1. The number of esters is 1. The van der Waals surface area contributed by atoms with E-state index in [9.17, 15) is 43.2 Å². The summed E-state index contributed by atoms with van der Waals surface area (Å²) in [6.45, 7) is 8.84. The highest BCUT2D eigenvalue weighted by molar-refractivity contribution is 5.96. The molecule has 0 aliphatic carbocycles. The van der Waals surface area contributed by atoms with Crippen molar-refractivity contribution in [3.63, 3.8) is 0 Å². The number of likely N-dealkylation sites (tertiary alicyclic amines) is 1. The number of primary amides is 1. The molecule has 1 heterocycles. The number of nitrogens with two attached hydrogens (primary N) is 1. The van der Waals surface area contributed by atoms with Crippen LogP contribution in [0.15, 0.2) is 24.3 Å². The average molecular weight is 729 g/mol. The monoisotopic (exact) mass is 728 g/mol. The lowest BCUT2D eigenvalue weighted by Crippen LogP contribution is -2.47. The van der Waals surface area contributed by atoms with Crippen LogP contribution in [-0.4, -0.2) is 88.1 Å². The molecule has 4 amide bonds. The topological polar surface area (TPSA) is 236 Å². The van der Waals surface area contributed by atoms with E-state index in [4.69, 9.17) is 15.6 Å². The molecular weight excluding hydrogens is 676 g/mol. The van der Waals surface area contributed by atoms with E-state index >= 15 is 0 Å². The lowest BCUT2D eigenvalue weighted by atomic mass is 9.88. The van der Waals surface area contributed by atoms with Crippen LogP contribution in [0.1, 0.15) is 97.1 Å². The van der Waals surface area contributed by atoms with E-state index < -0.39 is 77.0 Å². The van der Waals surface area contributed by atoms with Gasteiger partial charge in [0.2, 0.25) is 23.6 Å². The van der Waals surface area contributed by atoms with Gasteiger partial charge in [0.15, 0.2) is 11.6 Å². The minimum absolute atomic E-state index is 0.0215. The van der Waals surface area contributed by atoms with Gasteiger partial charge in [0.1, 0.15) is 12.4 Å². The predicted octanol–water partition coefficient (Wildman–Crippen LogP) is 1.80. The van der Waals surface area contributed by atoms with E-state index in [1.54, 1.807) is 45.0 Å². The highest BCUT2D eigenvalue weighted by atomic mass is 16.5. The van der Waals surface area contributed by atoms with Crippen LogP contribution >= 0.6 is 0 Å². The number of hydrogen-bond donors (Lipinski definition) is 4. The second kappa shape index (κ2) is 20.2. The molecule has 0 unspecified atom stereocenters. The van der Waals surface area contributed by atoms with Crippen LogP contribution < -0.4 is 16.4 Å². The fourth-order valence-electron chi connectivity index (χ4n) is 5.38. The van der Waals surface area contributed by atoms with Gasteiger partial charge < -0.3 is 31.1 Å². The number of hydrogen-bond acceptors (Lipinski definition) is 10. The van der Waals surface area contributed by atoms with Gasteiger partial charge in [-0.2, -0.15) is 0 Å². The molecule has 286 valence electrons. The highest BCUT2D eigenvalue weighted by Gasteiger charge is 2.29. The van der Waals surface area contributed by atoms with E-state index in [0.29, 0.717) is 37.1 Å². The van der Waals surface area contributed by atoms with Gasteiger partial charge in [0.05, 0.1) is 30.8 Å². The van der Waals surface area contributed by atoms with Crippen molar-refractivity contribution < 1.29 is 53.0 Å². The Morgan fingerprint density at radius 1 is 0.846 bits per heavy atom. The van der Waals surface area contributed by atoms with Crippen LogP contribution in [0.3, 0.4) is 0 Å². The Balaban J connectivity index is 1.82. The molecule has 1 aliphatic heterocycles. The third-order valence-electron chi connectivity index (χ3n) is 8.88. The maximum atomic E-state index is 13.1. The molecule has 0 saturated carbocycles. The summed E-state index contributed by atoms with van der Waals surface area (Å²) in [7, 11) is 0. The molecule has 15 heteroatoms. The molecule has 0 radical (unpaired) electrons. The first-order valence-corrected chi connectivity index (χ1v) is 17.5. The standard InChI is InChI=1S/C37H52N4O11/c1-22(18-28(42)23(2)39-32(46)11-12-33(47)41-16-14-26(15-17-41)36(50)51)35(49)40-27(20-31(38)45)29(43)19-24-6-8-25(9-7-24)21-52-34(48)13-10-30(44)37(3,4)5/h6-9,22-23,26-27H,10-21H2,1-5H3,(H2,38,45)(H,39,46)(H,40,49)(H,50,51)/t22-,23+,27+/m1/s1. The van der Waals surface area contributed by atoms with Gasteiger partial charge in [-0.05, 0) is 30.9 Å². The number of ether oxygens (including phenoxy) is 1. The first-order valence-electron chi connectivity index (χ1n) is 17.5. The number of piperidine rings is 1. The second-order valence-corrected chi connectivity index (χ2v) is 14.4. The van der Waals surface area contributed by atoms with E-state index in [2.05, 4.69) is 10.6 Å². The fourth-order valence-corrected chi connectivity index (χ4v) is 5.38. The zero-order valence-electron chi connectivity index (χ0n) is 30.7. The highest BCUT2D eigenvalue weighted by Crippen LogP contribution is 2.19. The van der Waals surface area contributed by atoms with Gasteiger partial charge in [-0.1, -0.05) is 52.0 Å². The predicted molar refractivity (Wildman–Crippen MR) is 187 cm³/mol. The van der Waals surface area contributed by atoms with Crippen molar-refractivity contribution in [2.45, 2.75) is 111 Å². The van der Waals surface area contributed by atoms with Gasteiger partial charge >= 0.3 is 11.9 Å². The Kier molecular flexibility index (Phi) is 16.8. The smallest absolute Gasteiger partial charge is 0.306 e. The van der Waals surface area contributed by atoms with Crippen LogP contribution in [-0.2, 0) is 60.9 Å². The van der Waals surface area contributed by atoms with Crippen LogP contribution in [0.5, 0.6) is 0 Å². The molecule has 15 nitrogen and oxygen atoms in total. The third-order valence-corrected chi connectivity index (χ3v) is 8.88. The molecule has 52 heavy (non-hydrogen) atoms. The van der Waals surface area contributed by atoms with E-state index in [0.717, 1.165) is 0 Å². The number of carbonyl (C=O) groups excluding carboxylic acids is 8. The van der Waals surface area contributed by atoms with Crippen molar-refractivity contribution in [2.75, 3.05) is 13.1 Å². The molecule has 1 aromatic rings. The summed E-state index contributed by atoms with van der Waals surface area (Å²) in [5.74, 6) is -6.08. The maximum Gasteiger partial charge on any atom is 0.306 e. The number of ketones is 3. The van der Waals surface area contributed by atoms with Crippen molar-refractivity contribution in [3.05, 3.63) is 35.4 Å². The summed E-state index contributed by atoms with van der Waals surface area (Å²) in [4.78, 5) is 112. The number of rotatable bonds is 20. The number of carboxylic acids is 1. The number of nitrogens with one attached hydrogen (secondary N) is 2. The zero-order chi connectivity index (χ0) is 39.2. The molecule has 3 atom stereocenters. The Hall–Kier alpha value is -4.95. The van der Waals surface area contributed by atoms with Gasteiger partial charge in [0, 0.05) is 56.5 Å². The second-order valence-electron chi connectivity index (χ2n) is 14.4. The molecular formula is C37H52N4O11. The zero-order valence-corrected chi connectivity index (χ0v) is 30.7. The summed E-state index contributed by atoms with van der Waals surface area (Å²) < 4.78 is 5.24. The van der Waals surface area contributed by atoms with Gasteiger partial charge in [-0.15, -0.1) is 0 Å². The maximum absolute atomic E-state index is 13.1. The number of carbonyl (C=O) groups is 9. The number of Topliss-reactive ketones (excluding diaryl/α,β-unsaturated/α-hetero) is 3. The lowest BCUT2D eigenvalue weighted by Gasteiger charge is -2.30. The molecule has 1 fully saturated rings. The molecule has 1 aromatic carbocycles. The molecule has 1 saturated heterocycles. The molecule has 2 rings (SSSR count). The van der Waals surface area contributed by atoms with E-state index in [1.165, 1.54) is 18.7 Å². The SMILES string of the molecule is C[C@H](CC(=O)[C@H](C)NC(=O)CCC(=O)N1CCC(C(=O)O)CC1)C(=O)N[C@@H](CC(N)=O)C(=O)Cc1ccc(COC(=O)CCC(=O)C(C)(C)C)cc1. The van der Waals surface area contributed by atoms with E-state index in [-0.39, 0.29) is 56.8 Å². The summed E-state index contributed by atoms with van der Waals surface area (Å²) in [5.41, 5.74) is 6.02. The third kappa shape index (κ3) is 15.1. The summed E-state index contributed by atoms with van der Waals surface area (Å²) in [5, 5.41) is 14.1. The van der Waals surface area contributed by atoms with Crippen LogP contribution in [0.2, 0.25) is 0 Å². The van der Waals surface area contributed by atoms with Crippen molar-refractivity contribution in [1.29, 1.82) is 0 Å². The Labute approximate surface area is 303 Å². The average Bonchev–Trinajstić information content (AvgIpc) is 3.08. The van der Waals surface area contributed by atoms with Crippen molar-refractivity contribution in [3.8, 4) is 0 Å². The van der Waals surface area contributed by atoms with Crippen LogP contribution in [0.4, 0.5) is 0 Å². The molecule has 5 N–H and O–H groups in total. The largest absolute Gasteiger partial charge is 0.481 e. The number of nitrogens with zero attached hydrogens (tertiary/aromatic N) is 1. The van der Waals surface area contributed by atoms with Gasteiger partial charge in [-0.25, -0.2) is 0 Å². The number of aliphatic carboxylic acids is 1. The van der Waals surface area contributed by atoms with Crippen LogP contribution in [0.25, 0.3) is 0 Å². The first kappa shape index (κ1) is 43.2. The van der Waals surface area contributed by atoms with Gasteiger partial charge in [0.25, 0.3) is 0 Å². The molecule has 0 bridgehead atoms. The summed E-state index contributed by atoms with van der Waals surface area (Å²) >= 11 is 0. The first-order chi connectivity index (χ1) is 24.3. The Morgan fingerprint density at radius 3 is 2.00 bits per heavy atom. The quantitative estimate of drug-likeness (QED) is 0.141. The van der Waals surface area contributed by atoms with Crippen molar-refractivity contribution in [1.82, 2.24) is 15.5 Å². The minimum Gasteiger partial charge on any atom is -0.481 e. The number of benzene rings is 1. The van der Waals surface area contributed by atoms with Gasteiger partial charge in [-0.3, -0.25) is 43.2 Å². The number of amides is 4. The normalized spacial score (nSPS) is 15.1. The summed E-state index contributed by atoms with van der Waals surface area (Å²) in [6, 6.07) is 4.40. The Morgan fingerprint density at radius 2 is 1.44 bits per heavy atom. The minimum atomic E-state index is -1.25. The fraction of sp³-hybridized carbons (Fsp3) is 0.595. The van der Waals surface area contributed by atoms with Crippen LogP contribution in [0, 0.1) is 17.3 Å². The van der Waals surface area contributed by atoms with Crippen molar-refractivity contribution in [2.24, 2.45) is 23.0 Å². The summed E-state index contributed by atoms with van der Waals surface area (Å²) in [6.07, 6.45) is -0.386. The molecule has 0 aromatic heterocycles. The molecule has 0 spiro atoms. The lowest BCUT2D eigenvalue weighted by molar-refractivity contribution is -0.146. The van der Waals surface area contributed by atoms with Crippen molar-refractivity contribution >= 4 is 52.9 Å². The molecule has 1 aliphatic rings.